The Morgan fingerprint density at radius 2 is 1.96 bits per heavy atom. The summed E-state index contributed by atoms with van der Waals surface area (Å²) in [6, 6.07) is 7.95. The summed E-state index contributed by atoms with van der Waals surface area (Å²) in [7, 11) is 0. The van der Waals surface area contributed by atoms with Gasteiger partial charge in [0.05, 0.1) is 6.10 Å². The molecule has 1 aromatic rings. The topological polar surface area (TPSA) is 80.0 Å². The molecular weight excluding hydrogens is 316 g/mol. The Kier molecular flexibility index (Phi) is 5.71. The molecule has 6 nitrogen and oxygen atoms in total. The Labute approximate surface area is 149 Å². The van der Waals surface area contributed by atoms with Gasteiger partial charge in [-0.1, -0.05) is 12.1 Å². The van der Waals surface area contributed by atoms with E-state index in [1.807, 2.05) is 43.0 Å². The first-order chi connectivity index (χ1) is 12.0. The van der Waals surface area contributed by atoms with E-state index < -0.39 is 0 Å². The van der Waals surface area contributed by atoms with Crippen LogP contribution in [0.25, 0.3) is 0 Å². The van der Waals surface area contributed by atoms with Crippen LogP contribution in [0.3, 0.4) is 0 Å². The largest absolute Gasteiger partial charge is 0.385 e. The second kappa shape index (κ2) is 7.97. The number of hydrogen-bond donors (Lipinski definition) is 2. The summed E-state index contributed by atoms with van der Waals surface area (Å²) in [6.07, 6.45) is 0.830. The monoisotopic (exact) mass is 344 g/mol. The Morgan fingerprint density at radius 1 is 1.28 bits per heavy atom. The fourth-order valence-corrected chi connectivity index (χ4v) is 3.41. The van der Waals surface area contributed by atoms with Gasteiger partial charge in [0.15, 0.2) is 0 Å². The molecule has 0 saturated carbocycles. The molecule has 25 heavy (non-hydrogen) atoms. The van der Waals surface area contributed by atoms with Crippen LogP contribution in [0.5, 0.6) is 0 Å². The molecule has 2 aliphatic rings. The number of ether oxygens (including phenoxy) is 1. The molecule has 0 aromatic heterocycles. The van der Waals surface area contributed by atoms with Crippen molar-refractivity contribution in [3.8, 4) is 0 Å². The van der Waals surface area contributed by atoms with E-state index in [0.717, 1.165) is 38.2 Å². The van der Waals surface area contributed by atoms with E-state index in [1.165, 1.54) is 5.56 Å². The van der Waals surface area contributed by atoms with Gasteiger partial charge in [0.1, 0.15) is 11.9 Å². The van der Waals surface area contributed by atoms with Crippen molar-refractivity contribution in [2.75, 3.05) is 32.7 Å². The number of nitrogens with one attached hydrogen (secondary N) is 1. The zero-order chi connectivity index (χ0) is 17.8. The fraction of sp³-hybridized carbons (Fsp3) is 0.579. The van der Waals surface area contributed by atoms with Crippen LogP contribution in [0.1, 0.15) is 42.1 Å². The molecule has 0 aliphatic carbocycles. The molecule has 1 aromatic carbocycles. The minimum Gasteiger partial charge on any atom is -0.385 e. The molecule has 1 fully saturated rings. The van der Waals surface area contributed by atoms with E-state index in [9.17, 15) is 4.79 Å². The quantitative estimate of drug-likeness (QED) is 0.864. The standard InChI is InChI=1S/C19H28N4O2/c1-13(2)25-17-11-16(12-22-18(17)20)14-3-5-15(6-4-14)19(24)23-9-7-21-8-10-23/h3-6,13,16-17,21H,7-12H2,1-2H3,(H2,20,22). The number of carbonyl (C=O) groups is 1. The van der Waals surface area contributed by atoms with Gasteiger partial charge in [0.2, 0.25) is 0 Å². The molecule has 2 heterocycles. The lowest BCUT2D eigenvalue weighted by Gasteiger charge is -2.29. The van der Waals surface area contributed by atoms with Gasteiger partial charge in [-0.05, 0) is 38.0 Å². The van der Waals surface area contributed by atoms with Gasteiger partial charge < -0.3 is 20.7 Å². The number of carbonyl (C=O) groups excluding carboxylic acids is 1. The molecule has 2 aliphatic heterocycles. The smallest absolute Gasteiger partial charge is 0.253 e. The van der Waals surface area contributed by atoms with Crippen LogP contribution in [-0.2, 0) is 4.74 Å². The first kappa shape index (κ1) is 17.9. The Balaban J connectivity index is 1.67. The summed E-state index contributed by atoms with van der Waals surface area (Å²) in [5.41, 5.74) is 7.92. The van der Waals surface area contributed by atoms with Gasteiger partial charge >= 0.3 is 0 Å². The van der Waals surface area contributed by atoms with Gasteiger partial charge in [-0.15, -0.1) is 0 Å². The minimum atomic E-state index is -0.124. The first-order valence-electron chi connectivity index (χ1n) is 9.10. The second-order valence-corrected chi connectivity index (χ2v) is 7.04. The van der Waals surface area contributed by atoms with Crippen LogP contribution < -0.4 is 11.1 Å². The van der Waals surface area contributed by atoms with E-state index in [4.69, 9.17) is 10.5 Å². The number of benzene rings is 1. The number of hydrogen-bond acceptors (Lipinski definition) is 5. The number of amidine groups is 1. The van der Waals surface area contributed by atoms with Crippen molar-refractivity contribution in [2.45, 2.75) is 38.4 Å². The normalized spacial score (nSPS) is 24.3. The summed E-state index contributed by atoms with van der Waals surface area (Å²) < 4.78 is 5.87. The maximum Gasteiger partial charge on any atom is 0.253 e. The molecule has 0 radical (unpaired) electrons. The average Bonchev–Trinajstić information content (AvgIpc) is 2.63. The predicted octanol–water partition coefficient (Wildman–Crippen LogP) is 1.37. The van der Waals surface area contributed by atoms with Crippen LogP contribution in [0.15, 0.2) is 29.3 Å². The molecule has 2 atom stereocenters. The summed E-state index contributed by atoms with van der Waals surface area (Å²) in [4.78, 5) is 18.9. The summed E-state index contributed by atoms with van der Waals surface area (Å²) >= 11 is 0. The SMILES string of the molecule is CC(C)OC1CC(c2ccc(C(=O)N3CCNCC3)cc2)CN=C1N. The highest BCUT2D eigenvalue weighted by Gasteiger charge is 2.27. The van der Waals surface area contributed by atoms with Crippen LogP contribution in [0, 0.1) is 0 Å². The predicted molar refractivity (Wildman–Crippen MR) is 99.1 cm³/mol. The van der Waals surface area contributed by atoms with Crippen molar-refractivity contribution in [1.29, 1.82) is 0 Å². The van der Waals surface area contributed by atoms with Crippen molar-refractivity contribution in [1.82, 2.24) is 10.2 Å². The highest BCUT2D eigenvalue weighted by atomic mass is 16.5. The highest BCUT2D eigenvalue weighted by Crippen LogP contribution is 2.27. The molecule has 0 spiro atoms. The summed E-state index contributed by atoms with van der Waals surface area (Å²) in [5.74, 6) is 0.981. The summed E-state index contributed by atoms with van der Waals surface area (Å²) in [6.45, 7) is 7.96. The van der Waals surface area contributed by atoms with Gasteiger partial charge in [-0.25, -0.2) is 0 Å². The average molecular weight is 344 g/mol. The fourth-order valence-electron chi connectivity index (χ4n) is 3.41. The Bertz CT molecular complexity index is 621. The van der Waals surface area contributed by atoms with E-state index in [1.54, 1.807) is 0 Å². The van der Waals surface area contributed by atoms with E-state index in [2.05, 4.69) is 10.3 Å². The van der Waals surface area contributed by atoms with E-state index in [0.29, 0.717) is 12.4 Å². The zero-order valence-corrected chi connectivity index (χ0v) is 15.1. The molecule has 136 valence electrons. The van der Waals surface area contributed by atoms with Crippen LogP contribution in [0.2, 0.25) is 0 Å². The zero-order valence-electron chi connectivity index (χ0n) is 15.1. The third-order valence-electron chi connectivity index (χ3n) is 4.79. The lowest BCUT2D eigenvalue weighted by atomic mass is 9.90. The number of nitrogens with zero attached hydrogens (tertiary/aromatic N) is 2. The molecule has 6 heteroatoms. The summed E-state index contributed by atoms with van der Waals surface area (Å²) in [5, 5.41) is 3.27. The maximum atomic E-state index is 12.5. The molecule has 3 N–H and O–H groups in total. The van der Waals surface area contributed by atoms with Crippen molar-refractivity contribution in [3.63, 3.8) is 0 Å². The van der Waals surface area contributed by atoms with Gasteiger partial charge in [-0.2, -0.15) is 0 Å². The van der Waals surface area contributed by atoms with Crippen molar-refractivity contribution in [2.24, 2.45) is 10.7 Å². The van der Waals surface area contributed by atoms with Crippen molar-refractivity contribution in [3.05, 3.63) is 35.4 Å². The molecule has 3 rings (SSSR count). The van der Waals surface area contributed by atoms with Gasteiger partial charge in [-0.3, -0.25) is 9.79 Å². The third-order valence-corrected chi connectivity index (χ3v) is 4.79. The van der Waals surface area contributed by atoms with Crippen LogP contribution in [-0.4, -0.2) is 61.6 Å². The first-order valence-corrected chi connectivity index (χ1v) is 9.10. The van der Waals surface area contributed by atoms with Crippen molar-refractivity contribution >= 4 is 11.7 Å². The Hall–Kier alpha value is -1.92. The second-order valence-electron chi connectivity index (χ2n) is 7.04. The molecule has 1 saturated heterocycles. The van der Waals surface area contributed by atoms with Crippen molar-refractivity contribution < 1.29 is 9.53 Å². The van der Waals surface area contributed by atoms with Gasteiger partial charge in [0, 0.05) is 44.2 Å². The third kappa shape index (κ3) is 4.38. The number of rotatable bonds is 4. The maximum absolute atomic E-state index is 12.5. The van der Waals surface area contributed by atoms with Crippen LogP contribution >= 0.6 is 0 Å². The lowest BCUT2D eigenvalue weighted by molar-refractivity contribution is 0.0352. The number of aliphatic imine (C=N–C) groups is 1. The van der Waals surface area contributed by atoms with E-state index in [-0.39, 0.29) is 24.0 Å². The number of amides is 1. The molecular formula is C19H28N4O2. The molecule has 0 bridgehead atoms. The Morgan fingerprint density at radius 3 is 2.60 bits per heavy atom. The number of nitrogens with two attached hydrogens (primary N) is 1. The number of piperazine rings is 1. The lowest BCUT2D eigenvalue weighted by Crippen LogP contribution is -2.46. The minimum absolute atomic E-state index is 0.111. The van der Waals surface area contributed by atoms with E-state index >= 15 is 0 Å². The highest BCUT2D eigenvalue weighted by molar-refractivity contribution is 5.94. The molecule has 1 amide bonds. The van der Waals surface area contributed by atoms with Gasteiger partial charge in [0.25, 0.3) is 5.91 Å². The van der Waals surface area contributed by atoms with Crippen LogP contribution in [0.4, 0.5) is 0 Å². The molecule has 2 unspecified atom stereocenters.